The smallest absolute Gasteiger partial charge is 0.337 e. The van der Waals surface area contributed by atoms with Crippen molar-refractivity contribution in [3.8, 4) is 0 Å². The van der Waals surface area contributed by atoms with Crippen LogP contribution in [0.15, 0.2) is 42.5 Å². The van der Waals surface area contributed by atoms with Gasteiger partial charge >= 0.3 is 5.97 Å². The molecule has 120 valence electrons. The van der Waals surface area contributed by atoms with Crippen LogP contribution in [0.2, 0.25) is 0 Å². The number of carbonyl (C=O) groups excluding carboxylic acids is 2. The van der Waals surface area contributed by atoms with Crippen molar-refractivity contribution in [3.63, 3.8) is 0 Å². The minimum absolute atomic E-state index is 0.191. The van der Waals surface area contributed by atoms with E-state index in [1.165, 1.54) is 7.11 Å². The molecule has 0 aliphatic rings. The van der Waals surface area contributed by atoms with E-state index in [1.54, 1.807) is 30.3 Å². The van der Waals surface area contributed by atoms with Gasteiger partial charge in [-0.15, -0.1) is 0 Å². The number of methoxy groups -OCH3 is 1. The Labute approximate surface area is 135 Å². The maximum atomic E-state index is 12.3. The third kappa shape index (κ3) is 3.88. The molecule has 23 heavy (non-hydrogen) atoms. The highest BCUT2D eigenvalue weighted by atomic mass is 16.5. The molecule has 0 spiro atoms. The average molecular weight is 312 g/mol. The number of esters is 1. The van der Waals surface area contributed by atoms with Gasteiger partial charge in [0, 0.05) is 31.0 Å². The summed E-state index contributed by atoms with van der Waals surface area (Å²) in [6.45, 7) is 1.97. The summed E-state index contributed by atoms with van der Waals surface area (Å²) in [5.74, 6) is -0.595. The Hall–Kier alpha value is -2.82. The number of aryl methyl sites for hydroxylation is 1. The van der Waals surface area contributed by atoms with Gasteiger partial charge in [0.05, 0.1) is 12.7 Å². The van der Waals surface area contributed by atoms with Crippen molar-refractivity contribution in [1.82, 2.24) is 0 Å². The molecule has 0 bridgehead atoms. The first kappa shape index (κ1) is 16.5. The molecule has 0 aromatic heterocycles. The minimum Gasteiger partial charge on any atom is -0.465 e. The van der Waals surface area contributed by atoms with Crippen LogP contribution in [0, 0.1) is 6.92 Å². The molecule has 2 rings (SSSR count). The van der Waals surface area contributed by atoms with Crippen molar-refractivity contribution in [3.05, 3.63) is 59.2 Å². The molecule has 5 nitrogen and oxygen atoms in total. The molecule has 0 aliphatic carbocycles. The molecule has 0 fully saturated rings. The van der Waals surface area contributed by atoms with E-state index in [-0.39, 0.29) is 5.91 Å². The number of anilines is 2. The molecular weight excluding hydrogens is 292 g/mol. The van der Waals surface area contributed by atoms with Gasteiger partial charge in [-0.1, -0.05) is 0 Å². The summed E-state index contributed by atoms with van der Waals surface area (Å²) >= 11 is 0. The maximum Gasteiger partial charge on any atom is 0.337 e. The number of nitrogens with one attached hydrogen (secondary N) is 1. The summed E-state index contributed by atoms with van der Waals surface area (Å²) in [6, 6.07) is 12.1. The molecular formula is C18H20N2O3. The second-order valence-corrected chi connectivity index (χ2v) is 5.42. The molecule has 0 saturated carbocycles. The lowest BCUT2D eigenvalue weighted by Crippen LogP contribution is -2.14. The second kappa shape index (κ2) is 6.96. The Balaban J connectivity index is 2.13. The number of hydrogen-bond donors (Lipinski definition) is 1. The zero-order chi connectivity index (χ0) is 17.0. The molecule has 0 unspecified atom stereocenters. The van der Waals surface area contributed by atoms with Gasteiger partial charge in [0.1, 0.15) is 0 Å². The van der Waals surface area contributed by atoms with Crippen molar-refractivity contribution in [2.75, 3.05) is 31.4 Å². The lowest BCUT2D eigenvalue weighted by Gasteiger charge is -2.16. The van der Waals surface area contributed by atoms with Crippen LogP contribution in [0.25, 0.3) is 0 Å². The van der Waals surface area contributed by atoms with E-state index in [0.717, 1.165) is 11.3 Å². The van der Waals surface area contributed by atoms with Crippen LogP contribution >= 0.6 is 0 Å². The summed E-state index contributed by atoms with van der Waals surface area (Å²) in [4.78, 5) is 25.7. The highest BCUT2D eigenvalue weighted by molar-refractivity contribution is 6.04. The Morgan fingerprint density at radius 3 is 2.13 bits per heavy atom. The molecule has 2 aromatic carbocycles. The first-order valence-corrected chi connectivity index (χ1v) is 7.20. The number of amides is 1. The van der Waals surface area contributed by atoms with Crippen LogP contribution in [0.4, 0.5) is 11.4 Å². The van der Waals surface area contributed by atoms with E-state index >= 15 is 0 Å². The number of benzene rings is 2. The molecule has 2 aromatic rings. The fourth-order valence-corrected chi connectivity index (χ4v) is 2.31. The van der Waals surface area contributed by atoms with E-state index < -0.39 is 5.97 Å². The lowest BCUT2D eigenvalue weighted by molar-refractivity contribution is 0.0600. The quantitative estimate of drug-likeness (QED) is 0.881. The third-order valence-electron chi connectivity index (χ3n) is 3.50. The van der Waals surface area contributed by atoms with Gasteiger partial charge in [0.2, 0.25) is 0 Å². The van der Waals surface area contributed by atoms with Crippen LogP contribution in [0.5, 0.6) is 0 Å². The molecule has 0 radical (unpaired) electrons. The van der Waals surface area contributed by atoms with Gasteiger partial charge in [-0.3, -0.25) is 4.79 Å². The van der Waals surface area contributed by atoms with E-state index in [9.17, 15) is 9.59 Å². The Morgan fingerprint density at radius 1 is 1.00 bits per heavy atom. The zero-order valence-electron chi connectivity index (χ0n) is 13.7. The summed E-state index contributed by atoms with van der Waals surface area (Å²) in [6.07, 6.45) is 0. The topological polar surface area (TPSA) is 58.6 Å². The lowest BCUT2D eigenvalue weighted by atomic mass is 10.1. The first-order valence-electron chi connectivity index (χ1n) is 7.20. The molecule has 0 heterocycles. The van der Waals surface area contributed by atoms with Crippen molar-refractivity contribution in [1.29, 1.82) is 0 Å². The van der Waals surface area contributed by atoms with Crippen LogP contribution in [0.1, 0.15) is 26.3 Å². The molecule has 1 amide bonds. The fourth-order valence-electron chi connectivity index (χ4n) is 2.31. The normalized spacial score (nSPS) is 10.1. The largest absolute Gasteiger partial charge is 0.465 e. The standard InChI is InChI=1S/C18H20N2O3/c1-12-11-14(7-10-16(12)20(2)3)17(21)19-15-8-5-13(6-9-15)18(22)23-4/h5-11H,1-4H3,(H,19,21). The number of ether oxygens (including phenoxy) is 1. The van der Waals surface area contributed by atoms with Gasteiger partial charge in [-0.2, -0.15) is 0 Å². The average Bonchev–Trinajstić information content (AvgIpc) is 2.54. The van der Waals surface area contributed by atoms with Crippen LogP contribution in [0.3, 0.4) is 0 Å². The van der Waals surface area contributed by atoms with Crippen molar-refractivity contribution in [2.24, 2.45) is 0 Å². The number of rotatable bonds is 4. The Morgan fingerprint density at radius 2 is 1.61 bits per heavy atom. The van der Waals surface area contributed by atoms with E-state index in [0.29, 0.717) is 16.8 Å². The van der Waals surface area contributed by atoms with E-state index in [1.807, 2.05) is 38.1 Å². The van der Waals surface area contributed by atoms with Gasteiger partial charge < -0.3 is 15.0 Å². The van der Waals surface area contributed by atoms with Gasteiger partial charge in [0.15, 0.2) is 0 Å². The van der Waals surface area contributed by atoms with Crippen molar-refractivity contribution < 1.29 is 14.3 Å². The van der Waals surface area contributed by atoms with Gasteiger partial charge in [0.25, 0.3) is 5.91 Å². The van der Waals surface area contributed by atoms with Crippen molar-refractivity contribution in [2.45, 2.75) is 6.92 Å². The number of nitrogens with zero attached hydrogens (tertiary/aromatic N) is 1. The predicted molar refractivity (Wildman–Crippen MR) is 91.2 cm³/mol. The summed E-state index contributed by atoms with van der Waals surface area (Å²) < 4.78 is 4.64. The molecule has 0 atom stereocenters. The van der Waals surface area contributed by atoms with Crippen LogP contribution < -0.4 is 10.2 Å². The number of carbonyl (C=O) groups is 2. The highest BCUT2D eigenvalue weighted by Crippen LogP contribution is 2.20. The Kier molecular flexibility index (Phi) is 5.01. The predicted octanol–water partition coefficient (Wildman–Crippen LogP) is 3.10. The minimum atomic E-state index is -0.405. The van der Waals surface area contributed by atoms with E-state index in [4.69, 9.17) is 0 Å². The first-order chi connectivity index (χ1) is 10.9. The van der Waals surface area contributed by atoms with E-state index in [2.05, 4.69) is 10.1 Å². The SMILES string of the molecule is COC(=O)c1ccc(NC(=O)c2ccc(N(C)C)c(C)c2)cc1. The van der Waals surface area contributed by atoms with Crippen LogP contribution in [-0.2, 0) is 4.74 Å². The highest BCUT2D eigenvalue weighted by Gasteiger charge is 2.10. The second-order valence-electron chi connectivity index (χ2n) is 5.42. The van der Waals surface area contributed by atoms with Gasteiger partial charge in [-0.05, 0) is 55.0 Å². The maximum absolute atomic E-state index is 12.3. The fraction of sp³-hybridized carbons (Fsp3) is 0.222. The molecule has 5 heteroatoms. The number of hydrogen-bond acceptors (Lipinski definition) is 4. The Bertz CT molecular complexity index is 722. The van der Waals surface area contributed by atoms with Gasteiger partial charge in [-0.25, -0.2) is 4.79 Å². The summed E-state index contributed by atoms with van der Waals surface area (Å²) in [5.41, 5.74) is 3.76. The zero-order valence-corrected chi connectivity index (χ0v) is 13.7. The third-order valence-corrected chi connectivity index (χ3v) is 3.50. The summed E-state index contributed by atoms with van der Waals surface area (Å²) in [7, 11) is 5.26. The van der Waals surface area contributed by atoms with Crippen molar-refractivity contribution >= 4 is 23.3 Å². The summed E-state index contributed by atoms with van der Waals surface area (Å²) in [5, 5.41) is 2.81. The molecule has 0 saturated heterocycles. The van der Waals surface area contributed by atoms with Crippen LogP contribution in [-0.4, -0.2) is 33.1 Å². The molecule has 1 N–H and O–H groups in total. The monoisotopic (exact) mass is 312 g/mol. The molecule has 0 aliphatic heterocycles.